The fourth-order valence-electron chi connectivity index (χ4n) is 1.34. The maximum atomic E-state index is 11.7. The standard InChI is InChI=1S/C10H9IN2OS/c11-9-3-7(5-15-9)10(14)13-8(4-12)6-1-2-6/h3,5-6,8H,1-2H2,(H,13,14). The van der Waals surface area contributed by atoms with Gasteiger partial charge in [0.2, 0.25) is 0 Å². The third-order valence-corrected chi connectivity index (χ3v) is 4.14. The zero-order chi connectivity index (χ0) is 10.8. The molecule has 0 radical (unpaired) electrons. The molecule has 1 fully saturated rings. The molecule has 1 atom stereocenters. The summed E-state index contributed by atoms with van der Waals surface area (Å²) in [5, 5.41) is 13.5. The number of nitriles is 1. The van der Waals surface area contributed by atoms with Gasteiger partial charge in [-0.3, -0.25) is 4.79 Å². The van der Waals surface area contributed by atoms with Gasteiger partial charge in [0.1, 0.15) is 6.04 Å². The van der Waals surface area contributed by atoms with E-state index in [1.807, 2.05) is 11.4 Å². The summed E-state index contributed by atoms with van der Waals surface area (Å²) in [6, 6.07) is 3.67. The summed E-state index contributed by atoms with van der Waals surface area (Å²) >= 11 is 3.71. The van der Waals surface area contributed by atoms with Crippen LogP contribution >= 0.6 is 33.9 Å². The van der Waals surface area contributed by atoms with Gasteiger partial charge in [0.25, 0.3) is 5.91 Å². The SMILES string of the molecule is N#CC(NC(=O)c1csc(I)c1)C1CC1. The van der Waals surface area contributed by atoms with Crippen LogP contribution < -0.4 is 5.32 Å². The van der Waals surface area contributed by atoms with E-state index in [2.05, 4.69) is 34.0 Å². The van der Waals surface area contributed by atoms with Crippen LogP contribution in [-0.4, -0.2) is 11.9 Å². The third kappa shape index (κ3) is 2.69. The van der Waals surface area contributed by atoms with E-state index in [1.54, 1.807) is 0 Å². The average Bonchev–Trinajstić information content (AvgIpc) is 2.97. The van der Waals surface area contributed by atoms with Gasteiger partial charge in [-0.1, -0.05) is 0 Å². The summed E-state index contributed by atoms with van der Waals surface area (Å²) in [6.07, 6.45) is 2.11. The number of amides is 1. The maximum Gasteiger partial charge on any atom is 0.253 e. The third-order valence-electron chi connectivity index (χ3n) is 2.35. The van der Waals surface area contributed by atoms with Crippen LogP contribution in [-0.2, 0) is 0 Å². The molecule has 1 amide bonds. The van der Waals surface area contributed by atoms with Gasteiger partial charge >= 0.3 is 0 Å². The number of nitrogens with zero attached hydrogens (tertiary/aromatic N) is 1. The van der Waals surface area contributed by atoms with Crippen molar-refractivity contribution in [3.05, 3.63) is 19.9 Å². The van der Waals surface area contributed by atoms with Crippen molar-refractivity contribution >= 4 is 39.8 Å². The molecule has 1 N–H and O–H groups in total. The Morgan fingerprint density at radius 2 is 2.47 bits per heavy atom. The van der Waals surface area contributed by atoms with Crippen molar-refractivity contribution in [2.24, 2.45) is 5.92 Å². The minimum absolute atomic E-state index is 0.132. The van der Waals surface area contributed by atoms with Crippen molar-refractivity contribution in [2.45, 2.75) is 18.9 Å². The lowest BCUT2D eigenvalue weighted by molar-refractivity contribution is 0.0942. The van der Waals surface area contributed by atoms with E-state index < -0.39 is 0 Å². The van der Waals surface area contributed by atoms with Crippen molar-refractivity contribution in [1.82, 2.24) is 5.32 Å². The van der Waals surface area contributed by atoms with E-state index in [-0.39, 0.29) is 11.9 Å². The molecule has 1 aromatic rings. The lowest BCUT2D eigenvalue weighted by Gasteiger charge is -2.08. The van der Waals surface area contributed by atoms with Crippen LogP contribution in [0.15, 0.2) is 11.4 Å². The molecular weight excluding hydrogens is 323 g/mol. The van der Waals surface area contributed by atoms with Gasteiger partial charge in [0.05, 0.1) is 14.5 Å². The second-order valence-electron chi connectivity index (χ2n) is 3.56. The molecule has 0 saturated heterocycles. The Morgan fingerprint density at radius 1 is 1.73 bits per heavy atom. The second kappa shape index (κ2) is 4.49. The quantitative estimate of drug-likeness (QED) is 0.864. The zero-order valence-corrected chi connectivity index (χ0v) is 10.8. The molecule has 1 unspecified atom stereocenters. The van der Waals surface area contributed by atoms with Crippen LogP contribution in [0, 0.1) is 20.1 Å². The number of halogens is 1. The summed E-state index contributed by atoms with van der Waals surface area (Å²) in [7, 11) is 0. The van der Waals surface area contributed by atoms with Crippen molar-refractivity contribution in [2.75, 3.05) is 0 Å². The Hall–Kier alpha value is -0.610. The van der Waals surface area contributed by atoms with Crippen LogP contribution in [0.25, 0.3) is 0 Å². The number of hydrogen-bond donors (Lipinski definition) is 1. The number of rotatable bonds is 3. The highest BCUT2D eigenvalue weighted by molar-refractivity contribution is 14.1. The first kappa shape index (κ1) is 10.9. The van der Waals surface area contributed by atoms with Gasteiger partial charge < -0.3 is 5.32 Å². The molecular formula is C10H9IN2OS. The number of thiophene rings is 1. The summed E-state index contributed by atoms with van der Waals surface area (Å²) in [4.78, 5) is 11.7. The minimum atomic E-state index is -0.310. The molecule has 0 spiro atoms. The topological polar surface area (TPSA) is 52.9 Å². The highest BCUT2D eigenvalue weighted by atomic mass is 127. The molecule has 78 valence electrons. The van der Waals surface area contributed by atoms with Crippen LogP contribution in [0.3, 0.4) is 0 Å². The van der Waals surface area contributed by atoms with E-state index in [1.165, 1.54) is 11.3 Å². The Morgan fingerprint density at radius 3 is 2.93 bits per heavy atom. The smallest absolute Gasteiger partial charge is 0.253 e. The predicted octanol–water partition coefficient (Wildman–Crippen LogP) is 2.38. The van der Waals surface area contributed by atoms with E-state index in [0.29, 0.717) is 11.5 Å². The van der Waals surface area contributed by atoms with Crippen molar-refractivity contribution in [1.29, 1.82) is 5.26 Å². The molecule has 0 aliphatic heterocycles. The molecule has 1 saturated carbocycles. The lowest BCUT2D eigenvalue weighted by atomic mass is 10.2. The molecule has 1 aromatic heterocycles. The fraction of sp³-hybridized carbons (Fsp3) is 0.400. The first-order valence-corrected chi connectivity index (χ1v) is 6.61. The zero-order valence-electron chi connectivity index (χ0n) is 7.87. The molecule has 3 nitrogen and oxygen atoms in total. The van der Waals surface area contributed by atoms with Crippen molar-refractivity contribution in [3.63, 3.8) is 0 Å². The van der Waals surface area contributed by atoms with Crippen molar-refractivity contribution in [3.8, 4) is 6.07 Å². The molecule has 0 bridgehead atoms. The first-order valence-electron chi connectivity index (χ1n) is 4.65. The highest BCUT2D eigenvalue weighted by Crippen LogP contribution is 2.32. The fourth-order valence-corrected chi connectivity index (χ4v) is 2.67. The maximum absolute atomic E-state index is 11.7. The lowest BCUT2D eigenvalue weighted by Crippen LogP contribution is -2.35. The Balaban J connectivity index is 2.00. The summed E-state index contributed by atoms with van der Waals surface area (Å²) in [5.74, 6) is 0.240. The second-order valence-corrected chi connectivity index (χ2v) is 6.36. The van der Waals surface area contributed by atoms with Crippen LogP contribution in [0.1, 0.15) is 23.2 Å². The molecule has 1 aliphatic carbocycles. The van der Waals surface area contributed by atoms with Crippen molar-refractivity contribution < 1.29 is 4.79 Å². The minimum Gasteiger partial charge on any atom is -0.336 e. The van der Waals surface area contributed by atoms with Gasteiger partial charge in [-0.2, -0.15) is 5.26 Å². The molecule has 0 aromatic carbocycles. The van der Waals surface area contributed by atoms with Gasteiger partial charge in [-0.15, -0.1) is 11.3 Å². The predicted molar refractivity (Wildman–Crippen MR) is 66.6 cm³/mol. The van der Waals surface area contributed by atoms with E-state index in [9.17, 15) is 4.79 Å². The Bertz CT molecular complexity index is 419. The summed E-state index contributed by atoms with van der Waals surface area (Å²) in [6.45, 7) is 0. The van der Waals surface area contributed by atoms with E-state index >= 15 is 0 Å². The Kier molecular flexibility index (Phi) is 3.26. The molecule has 15 heavy (non-hydrogen) atoms. The largest absolute Gasteiger partial charge is 0.336 e. The normalized spacial score (nSPS) is 16.8. The number of carbonyl (C=O) groups is 1. The average molecular weight is 332 g/mol. The first-order chi connectivity index (χ1) is 7.20. The van der Waals surface area contributed by atoms with Gasteiger partial charge in [-0.05, 0) is 47.4 Å². The number of nitrogens with one attached hydrogen (secondary N) is 1. The van der Waals surface area contributed by atoms with Gasteiger partial charge in [0, 0.05) is 5.38 Å². The van der Waals surface area contributed by atoms with E-state index in [0.717, 1.165) is 15.7 Å². The highest BCUT2D eigenvalue weighted by Gasteiger charge is 2.32. The van der Waals surface area contributed by atoms with Crippen LogP contribution in [0.2, 0.25) is 0 Å². The van der Waals surface area contributed by atoms with Crippen LogP contribution in [0.5, 0.6) is 0 Å². The Labute approximate surface area is 106 Å². The van der Waals surface area contributed by atoms with E-state index in [4.69, 9.17) is 5.26 Å². The molecule has 2 rings (SSSR count). The van der Waals surface area contributed by atoms with Crippen LogP contribution in [0.4, 0.5) is 0 Å². The molecule has 1 heterocycles. The van der Waals surface area contributed by atoms with Gasteiger partial charge in [0.15, 0.2) is 0 Å². The molecule has 5 heteroatoms. The monoisotopic (exact) mass is 332 g/mol. The van der Waals surface area contributed by atoms with Gasteiger partial charge in [-0.25, -0.2) is 0 Å². The molecule has 1 aliphatic rings. The summed E-state index contributed by atoms with van der Waals surface area (Å²) < 4.78 is 1.08. The number of hydrogen-bond acceptors (Lipinski definition) is 3. The summed E-state index contributed by atoms with van der Waals surface area (Å²) in [5.41, 5.74) is 0.658. The number of carbonyl (C=O) groups excluding carboxylic acids is 1.